The number of fused-ring (bicyclic) bond motifs is 1. The van der Waals surface area contributed by atoms with Crippen LogP contribution in [0.25, 0.3) is 10.9 Å². The number of nitrogens with zero attached hydrogens (tertiary/aromatic N) is 1. The zero-order valence-corrected chi connectivity index (χ0v) is 14.1. The number of carbonyl (C=O) groups excluding carboxylic acids is 2. The molecule has 1 N–H and O–H groups in total. The average Bonchev–Trinajstić information content (AvgIpc) is 2.92. The quantitative estimate of drug-likeness (QED) is 0.550. The van der Waals surface area contributed by atoms with Crippen LogP contribution in [-0.4, -0.2) is 21.7 Å². The molecule has 0 aliphatic carbocycles. The summed E-state index contributed by atoms with van der Waals surface area (Å²) in [6, 6.07) is 8.09. The summed E-state index contributed by atoms with van der Waals surface area (Å²) in [7, 11) is 0. The zero-order chi connectivity index (χ0) is 17.3. The van der Waals surface area contributed by atoms with Crippen molar-refractivity contribution in [2.45, 2.75) is 13.3 Å². The number of benzene rings is 1. The van der Waals surface area contributed by atoms with Gasteiger partial charge in [-0.15, -0.1) is 0 Å². The van der Waals surface area contributed by atoms with Gasteiger partial charge in [-0.2, -0.15) is 0 Å². The third-order valence-corrected chi connectivity index (χ3v) is 3.86. The highest BCUT2D eigenvalue weighted by Gasteiger charge is 2.23. The van der Waals surface area contributed by atoms with Gasteiger partial charge < -0.3 is 9.72 Å². The number of nitrogens with one attached hydrogen (secondary N) is 1. The molecule has 2 aromatic heterocycles. The molecule has 1 aromatic carbocycles. The van der Waals surface area contributed by atoms with E-state index < -0.39 is 11.8 Å². The van der Waals surface area contributed by atoms with E-state index in [0.29, 0.717) is 20.9 Å². The lowest BCUT2D eigenvalue weighted by molar-refractivity contribution is -0.133. The number of halogens is 2. The Bertz CT molecular complexity index is 933. The first kappa shape index (κ1) is 16.5. The molecule has 3 aromatic rings. The standard InChI is InChI=1S/C17H12Cl2N2O3/c1-2-14(22)24-17-11-5-3-9(18)7-13(11)21-15(17)16(23)12-6-4-10(19)8-20-12/h3-8,21H,2H2,1H3. The number of ether oxygens (including phenoxy) is 1. The van der Waals surface area contributed by atoms with Crippen LogP contribution < -0.4 is 4.74 Å². The Labute approximate surface area is 147 Å². The van der Waals surface area contributed by atoms with Crippen LogP contribution in [0.1, 0.15) is 29.5 Å². The fraction of sp³-hybridized carbons (Fsp3) is 0.118. The predicted molar refractivity (Wildman–Crippen MR) is 91.9 cm³/mol. The molecule has 0 aliphatic rings. The van der Waals surface area contributed by atoms with Gasteiger partial charge in [-0.25, -0.2) is 0 Å². The van der Waals surface area contributed by atoms with E-state index in [0.717, 1.165) is 0 Å². The van der Waals surface area contributed by atoms with Gasteiger partial charge in [-0.1, -0.05) is 30.1 Å². The van der Waals surface area contributed by atoms with Crippen LogP contribution in [-0.2, 0) is 4.79 Å². The Morgan fingerprint density at radius 3 is 2.58 bits per heavy atom. The highest BCUT2D eigenvalue weighted by molar-refractivity contribution is 6.31. The number of aromatic nitrogens is 2. The molecule has 24 heavy (non-hydrogen) atoms. The van der Waals surface area contributed by atoms with Crippen molar-refractivity contribution in [3.63, 3.8) is 0 Å². The number of ketones is 1. The number of rotatable bonds is 4. The molecule has 0 amide bonds. The van der Waals surface area contributed by atoms with E-state index in [1.165, 1.54) is 12.3 Å². The van der Waals surface area contributed by atoms with E-state index in [2.05, 4.69) is 9.97 Å². The Hall–Kier alpha value is -2.37. The van der Waals surface area contributed by atoms with Gasteiger partial charge in [0.05, 0.1) is 10.5 Å². The number of hydrogen-bond acceptors (Lipinski definition) is 4. The molecule has 2 heterocycles. The zero-order valence-electron chi connectivity index (χ0n) is 12.6. The monoisotopic (exact) mass is 362 g/mol. The van der Waals surface area contributed by atoms with Crippen molar-refractivity contribution >= 4 is 45.9 Å². The fourth-order valence-electron chi connectivity index (χ4n) is 2.23. The van der Waals surface area contributed by atoms with E-state index in [9.17, 15) is 9.59 Å². The first-order valence-electron chi connectivity index (χ1n) is 7.17. The fourth-order valence-corrected chi connectivity index (χ4v) is 2.52. The predicted octanol–water partition coefficient (Wildman–Crippen LogP) is 4.42. The van der Waals surface area contributed by atoms with Crippen LogP contribution in [0.5, 0.6) is 5.75 Å². The smallest absolute Gasteiger partial charge is 0.310 e. The number of aromatic amines is 1. The van der Waals surface area contributed by atoms with Crippen molar-refractivity contribution in [1.82, 2.24) is 9.97 Å². The third kappa shape index (κ3) is 3.13. The van der Waals surface area contributed by atoms with Crippen LogP contribution in [0.4, 0.5) is 0 Å². The molecule has 0 aliphatic heterocycles. The normalized spacial score (nSPS) is 10.8. The summed E-state index contributed by atoms with van der Waals surface area (Å²) in [5, 5.41) is 1.52. The van der Waals surface area contributed by atoms with Gasteiger partial charge in [0.2, 0.25) is 5.78 Å². The lowest BCUT2D eigenvalue weighted by Crippen LogP contribution is -2.11. The van der Waals surface area contributed by atoms with Crippen LogP contribution in [0.15, 0.2) is 36.5 Å². The molecular weight excluding hydrogens is 351 g/mol. The topological polar surface area (TPSA) is 72.1 Å². The van der Waals surface area contributed by atoms with Crippen molar-refractivity contribution in [3.05, 3.63) is 58.0 Å². The lowest BCUT2D eigenvalue weighted by atomic mass is 10.1. The Kier molecular flexibility index (Phi) is 4.55. The maximum Gasteiger partial charge on any atom is 0.310 e. The van der Waals surface area contributed by atoms with Gasteiger partial charge in [0.1, 0.15) is 11.4 Å². The molecule has 3 rings (SSSR count). The minimum atomic E-state index is -0.441. The van der Waals surface area contributed by atoms with E-state index in [4.69, 9.17) is 27.9 Å². The van der Waals surface area contributed by atoms with Gasteiger partial charge in [-0.3, -0.25) is 14.6 Å². The molecule has 122 valence electrons. The molecule has 0 saturated heterocycles. The molecule has 0 bridgehead atoms. The van der Waals surface area contributed by atoms with E-state index in [1.54, 1.807) is 31.2 Å². The minimum absolute atomic E-state index is 0.142. The molecular formula is C17H12Cl2N2O3. The third-order valence-electron chi connectivity index (χ3n) is 3.40. The number of hydrogen-bond donors (Lipinski definition) is 1. The summed E-state index contributed by atoms with van der Waals surface area (Å²) in [4.78, 5) is 31.5. The first-order valence-corrected chi connectivity index (χ1v) is 7.93. The van der Waals surface area contributed by atoms with Crippen LogP contribution in [0, 0.1) is 0 Å². The summed E-state index contributed by atoms with van der Waals surface area (Å²) in [6.45, 7) is 1.68. The first-order chi connectivity index (χ1) is 11.5. The Balaban J connectivity index is 2.14. The molecule has 5 nitrogen and oxygen atoms in total. The van der Waals surface area contributed by atoms with E-state index >= 15 is 0 Å². The van der Waals surface area contributed by atoms with Crippen molar-refractivity contribution in [2.75, 3.05) is 0 Å². The maximum atomic E-state index is 12.7. The number of H-pyrrole nitrogens is 1. The highest BCUT2D eigenvalue weighted by Crippen LogP contribution is 2.33. The summed E-state index contributed by atoms with van der Waals surface area (Å²) < 4.78 is 5.37. The molecule has 7 heteroatoms. The second-order valence-corrected chi connectivity index (χ2v) is 5.91. The Morgan fingerprint density at radius 1 is 1.17 bits per heavy atom. The van der Waals surface area contributed by atoms with Gasteiger partial charge in [0.25, 0.3) is 0 Å². The molecule has 0 spiro atoms. The molecule has 0 saturated carbocycles. The lowest BCUT2D eigenvalue weighted by Gasteiger charge is -2.05. The van der Waals surface area contributed by atoms with Crippen molar-refractivity contribution in [2.24, 2.45) is 0 Å². The van der Waals surface area contributed by atoms with Crippen LogP contribution in [0.2, 0.25) is 10.0 Å². The van der Waals surface area contributed by atoms with Gasteiger partial charge >= 0.3 is 5.97 Å². The number of carbonyl (C=O) groups is 2. The largest absolute Gasteiger partial charge is 0.423 e. The van der Waals surface area contributed by atoms with Gasteiger partial charge in [0, 0.05) is 23.0 Å². The van der Waals surface area contributed by atoms with Crippen LogP contribution in [0.3, 0.4) is 0 Å². The summed E-state index contributed by atoms with van der Waals surface area (Å²) in [5.41, 5.74) is 0.924. The van der Waals surface area contributed by atoms with Crippen molar-refractivity contribution in [3.8, 4) is 5.75 Å². The molecule has 0 fully saturated rings. The van der Waals surface area contributed by atoms with Crippen molar-refractivity contribution < 1.29 is 14.3 Å². The second kappa shape index (κ2) is 6.63. The van der Waals surface area contributed by atoms with Crippen LogP contribution >= 0.6 is 23.2 Å². The Morgan fingerprint density at radius 2 is 1.92 bits per heavy atom. The maximum absolute atomic E-state index is 12.7. The summed E-state index contributed by atoms with van der Waals surface area (Å²) in [5.74, 6) is -0.669. The minimum Gasteiger partial charge on any atom is -0.423 e. The second-order valence-electron chi connectivity index (χ2n) is 5.04. The van der Waals surface area contributed by atoms with E-state index in [-0.39, 0.29) is 23.6 Å². The van der Waals surface area contributed by atoms with Gasteiger partial charge in [0.15, 0.2) is 5.75 Å². The van der Waals surface area contributed by atoms with E-state index in [1.807, 2.05) is 0 Å². The SMILES string of the molecule is CCC(=O)Oc1c(C(=O)c2ccc(Cl)cn2)[nH]c2cc(Cl)ccc12. The average molecular weight is 363 g/mol. The van der Waals surface area contributed by atoms with Gasteiger partial charge in [-0.05, 0) is 30.3 Å². The summed E-state index contributed by atoms with van der Waals surface area (Å²) >= 11 is 11.8. The van der Waals surface area contributed by atoms with Crippen molar-refractivity contribution in [1.29, 1.82) is 0 Å². The highest BCUT2D eigenvalue weighted by atomic mass is 35.5. The number of pyridine rings is 1. The molecule has 0 radical (unpaired) electrons. The number of esters is 1. The molecule has 0 atom stereocenters. The summed E-state index contributed by atoms with van der Waals surface area (Å²) in [6.07, 6.45) is 1.57. The molecule has 0 unspecified atom stereocenters.